The predicted octanol–water partition coefficient (Wildman–Crippen LogP) is 1.78. The first-order valence-electron chi connectivity index (χ1n) is 8.59. The average molecular weight is 305 g/mol. The van der Waals surface area contributed by atoms with Gasteiger partial charge in [0.25, 0.3) is 0 Å². The number of guanidine groups is 1. The number of nitrogens with zero attached hydrogens (tertiary/aromatic N) is 3. The van der Waals surface area contributed by atoms with Crippen LogP contribution < -0.4 is 10.6 Å². The standard InChI is InChI=1S/C17H31N5/c1-3-9-21-12-6-16(7-13-21)15-20-17(18-2)19-8-14-22-10-4-5-11-22/h4-5,10-11,16H,3,6-9,12-15H2,1-2H3,(H2,18,19,20). The van der Waals surface area contributed by atoms with E-state index in [4.69, 9.17) is 0 Å². The quantitative estimate of drug-likeness (QED) is 0.596. The van der Waals surface area contributed by atoms with Crippen LogP contribution in [0, 0.1) is 5.92 Å². The number of hydrogen-bond acceptors (Lipinski definition) is 2. The number of nitrogens with one attached hydrogen (secondary N) is 2. The second-order valence-corrected chi connectivity index (χ2v) is 6.09. The van der Waals surface area contributed by atoms with E-state index in [2.05, 4.69) is 56.5 Å². The van der Waals surface area contributed by atoms with Gasteiger partial charge in [0.15, 0.2) is 5.96 Å². The molecule has 124 valence electrons. The number of piperidine rings is 1. The molecule has 0 amide bonds. The third-order valence-corrected chi connectivity index (χ3v) is 4.36. The zero-order valence-electron chi connectivity index (χ0n) is 14.1. The maximum Gasteiger partial charge on any atom is 0.191 e. The van der Waals surface area contributed by atoms with Crippen LogP contribution in [0.1, 0.15) is 26.2 Å². The Hall–Kier alpha value is -1.49. The summed E-state index contributed by atoms with van der Waals surface area (Å²) < 4.78 is 2.17. The fraction of sp³-hybridized carbons (Fsp3) is 0.706. The Kier molecular flexibility index (Phi) is 7.30. The fourth-order valence-electron chi connectivity index (χ4n) is 3.01. The van der Waals surface area contributed by atoms with Crippen molar-refractivity contribution in [3.05, 3.63) is 24.5 Å². The van der Waals surface area contributed by atoms with E-state index in [0.717, 1.165) is 31.5 Å². The number of aromatic nitrogens is 1. The Morgan fingerprint density at radius 3 is 2.50 bits per heavy atom. The molecule has 0 aromatic carbocycles. The van der Waals surface area contributed by atoms with Crippen LogP contribution >= 0.6 is 0 Å². The largest absolute Gasteiger partial charge is 0.356 e. The Bertz CT molecular complexity index is 418. The molecule has 0 saturated carbocycles. The van der Waals surface area contributed by atoms with Crippen LogP contribution in [0.25, 0.3) is 0 Å². The molecule has 22 heavy (non-hydrogen) atoms. The Morgan fingerprint density at radius 1 is 1.14 bits per heavy atom. The van der Waals surface area contributed by atoms with Crippen molar-refractivity contribution in [3.63, 3.8) is 0 Å². The van der Waals surface area contributed by atoms with E-state index < -0.39 is 0 Å². The number of rotatable bonds is 7. The molecule has 1 aromatic heterocycles. The first-order chi connectivity index (χ1) is 10.8. The molecule has 5 nitrogen and oxygen atoms in total. The molecular formula is C17H31N5. The summed E-state index contributed by atoms with van der Waals surface area (Å²) in [6, 6.07) is 4.11. The lowest BCUT2D eigenvalue weighted by molar-refractivity contribution is 0.185. The van der Waals surface area contributed by atoms with Crippen LogP contribution in [-0.4, -0.2) is 55.2 Å². The second kappa shape index (κ2) is 9.51. The first-order valence-corrected chi connectivity index (χ1v) is 8.59. The van der Waals surface area contributed by atoms with E-state index in [1.165, 1.54) is 38.9 Å². The van der Waals surface area contributed by atoms with Crippen molar-refractivity contribution in [2.24, 2.45) is 10.9 Å². The van der Waals surface area contributed by atoms with Crippen molar-refractivity contribution >= 4 is 5.96 Å². The molecule has 0 atom stereocenters. The SMILES string of the molecule is CCCN1CCC(CNC(=NC)NCCn2cccc2)CC1. The van der Waals surface area contributed by atoms with Crippen molar-refractivity contribution in [1.82, 2.24) is 20.1 Å². The van der Waals surface area contributed by atoms with Gasteiger partial charge in [-0.2, -0.15) is 0 Å². The molecule has 0 radical (unpaired) electrons. The molecule has 0 aliphatic carbocycles. The number of aliphatic imine (C=N–C) groups is 1. The van der Waals surface area contributed by atoms with Crippen molar-refractivity contribution in [2.75, 3.05) is 39.8 Å². The molecule has 0 bridgehead atoms. The normalized spacial score (nSPS) is 17.6. The predicted molar refractivity (Wildman–Crippen MR) is 93.3 cm³/mol. The summed E-state index contributed by atoms with van der Waals surface area (Å²) in [5, 5.41) is 6.86. The van der Waals surface area contributed by atoms with Crippen LogP contribution in [0.15, 0.2) is 29.5 Å². The molecule has 2 rings (SSSR count). The van der Waals surface area contributed by atoms with Gasteiger partial charge in [-0.25, -0.2) is 0 Å². The van der Waals surface area contributed by atoms with Crippen LogP contribution in [0.5, 0.6) is 0 Å². The highest BCUT2D eigenvalue weighted by Crippen LogP contribution is 2.16. The van der Waals surface area contributed by atoms with Crippen LogP contribution in [0.2, 0.25) is 0 Å². The summed E-state index contributed by atoms with van der Waals surface area (Å²) >= 11 is 0. The molecule has 1 fully saturated rings. The summed E-state index contributed by atoms with van der Waals surface area (Å²) in [4.78, 5) is 6.89. The van der Waals surface area contributed by atoms with E-state index in [-0.39, 0.29) is 0 Å². The van der Waals surface area contributed by atoms with E-state index in [1.807, 2.05) is 7.05 Å². The van der Waals surface area contributed by atoms with Crippen LogP contribution in [0.3, 0.4) is 0 Å². The van der Waals surface area contributed by atoms with Gasteiger partial charge >= 0.3 is 0 Å². The van der Waals surface area contributed by atoms with E-state index in [9.17, 15) is 0 Å². The molecular weight excluding hydrogens is 274 g/mol. The molecule has 0 unspecified atom stereocenters. The van der Waals surface area contributed by atoms with Crippen molar-refractivity contribution in [1.29, 1.82) is 0 Å². The molecule has 0 spiro atoms. The van der Waals surface area contributed by atoms with Crippen LogP contribution in [-0.2, 0) is 6.54 Å². The van der Waals surface area contributed by atoms with E-state index >= 15 is 0 Å². The van der Waals surface area contributed by atoms with Gasteiger partial charge in [0.05, 0.1) is 0 Å². The van der Waals surface area contributed by atoms with E-state index in [1.54, 1.807) is 0 Å². The molecule has 1 aromatic rings. The molecule has 2 heterocycles. The monoisotopic (exact) mass is 305 g/mol. The van der Waals surface area contributed by atoms with Gasteiger partial charge in [-0.05, 0) is 56.9 Å². The summed E-state index contributed by atoms with van der Waals surface area (Å²) in [6.07, 6.45) is 8.03. The Balaban J connectivity index is 1.60. The molecule has 1 aliphatic rings. The molecule has 1 aliphatic heterocycles. The summed E-state index contributed by atoms with van der Waals surface area (Å²) in [5.74, 6) is 1.69. The maximum atomic E-state index is 4.31. The molecule has 2 N–H and O–H groups in total. The highest BCUT2D eigenvalue weighted by atomic mass is 15.2. The average Bonchev–Trinajstić information content (AvgIpc) is 3.06. The minimum absolute atomic E-state index is 0.774. The lowest BCUT2D eigenvalue weighted by atomic mass is 9.97. The Labute approximate surface area is 134 Å². The fourth-order valence-corrected chi connectivity index (χ4v) is 3.01. The summed E-state index contributed by atoms with van der Waals surface area (Å²) in [7, 11) is 1.84. The van der Waals surface area contributed by atoms with Gasteiger partial charge in [0.1, 0.15) is 0 Å². The lowest BCUT2D eigenvalue weighted by Crippen LogP contribution is -2.43. The zero-order valence-corrected chi connectivity index (χ0v) is 14.1. The van der Waals surface area contributed by atoms with Gasteiger partial charge < -0.3 is 20.1 Å². The number of likely N-dealkylation sites (tertiary alicyclic amines) is 1. The highest BCUT2D eigenvalue weighted by molar-refractivity contribution is 5.79. The summed E-state index contributed by atoms with van der Waals surface area (Å²) in [6.45, 7) is 8.90. The number of hydrogen-bond donors (Lipinski definition) is 2. The lowest BCUT2D eigenvalue weighted by Gasteiger charge is -2.32. The van der Waals surface area contributed by atoms with Gasteiger partial charge in [0.2, 0.25) is 0 Å². The van der Waals surface area contributed by atoms with E-state index in [0.29, 0.717) is 0 Å². The molecule has 5 heteroatoms. The van der Waals surface area contributed by atoms with Crippen molar-refractivity contribution in [3.8, 4) is 0 Å². The van der Waals surface area contributed by atoms with Gasteiger partial charge in [-0.3, -0.25) is 4.99 Å². The minimum atomic E-state index is 0.774. The van der Waals surface area contributed by atoms with Gasteiger partial charge in [-0.15, -0.1) is 0 Å². The summed E-state index contributed by atoms with van der Waals surface area (Å²) in [5.41, 5.74) is 0. The second-order valence-electron chi connectivity index (χ2n) is 6.09. The van der Waals surface area contributed by atoms with Crippen molar-refractivity contribution in [2.45, 2.75) is 32.7 Å². The van der Waals surface area contributed by atoms with Gasteiger partial charge in [0, 0.05) is 39.1 Å². The zero-order chi connectivity index (χ0) is 15.6. The topological polar surface area (TPSA) is 44.6 Å². The maximum absolute atomic E-state index is 4.31. The highest BCUT2D eigenvalue weighted by Gasteiger charge is 2.18. The third kappa shape index (κ3) is 5.72. The van der Waals surface area contributed by atoms with Crippen LogP contribution in [0.4, 0.5) is 0 Å². The smallest absolute Gasteiger partial charge is 0.191 e. The molecule has 1 saturated heterocycles. The Morgan fingerprint density at radius 2 is 1.86 bits per heavy atom. The van der Waals surface area contributed by atoms with Gasteiger partial charge in [-0.1, -0.05) is 6.92 Å². The first kappa shape index (κ1) is 16.9. The van der Waals surface area contributed by atoms with Crippen molar-refractivity contribution < 1.29 is 0 Å². The third-order valence-electron chi connectivity index (χ3n) is 4.36. The minimum Gasteiger partial charge on any atom is -0.356 e.